The van der Waals surface area contributed by atoms with Gasteiger partial charge in [-0.3, -0.25) is 0 Å². The van der Waals surface area contributed by atoms with Gasteiger partial charge in [0.1, 0.15) is 0 Å². The molecule has 4 rings (SSSR count). The van der Waals surface area contributed by atoms with Crippen molar-refractivity contribution in [2.45, 2.75) is 50.7 Å². The first-order valence-electron chi connectivity index (χ1n) is 9.15. The van der Waals surface area contributed by atoms with Crippen molar-refractivity contribution >= 4 is 27.4 Å². The molecule has 0 saturated heterocycles. The minimum absolute atomic E-state index is 0.126. The van der Waals surface area contributed by atoms with Crippen molar-refractivity contribution in [1.29, 1.82) is 0 Å². The molecule has 1 aromatic carbocycles. The molecule has 0 amide bonds. The number of fused-ring (bicyclic) bond motifs is 1. The Hall–Kier alpha value is -1.92. The normalized spacial score (nSPS) is 21.7. The number of aliphatic hydroxyl groups excluding tert-OH is 1. The van der Waals surface area contributed by atoms with Crippen LogP contribution in [-0.2, 0) is 0 Å². The SMILES string of the molecule is CC(Nc1ncc2c(Br)cc([C@H]3CC[C@H](O)CC3)n2n1)c1ccccc1. The lowest BCUT2D eigenvalue weighted by atomic mass is 9.85. The molecule has 1 fully saturated rings. The van der Waals surface area contributed by atoms with E-state index in [1.165, 1.54) is 11.3 Å². The van der Waals surface area contributed by atoms with Gasteiger partial charge in [0.25, 0.3) is 0 Å². The molecule has 1 aliphatic carbocycles. The van der Waals surface area contributed by atoms with E-state index in [2.05, 4.69) is 51.4 Å². The first-order chi connectivity index (χ1) is 12.6. The van der Waals surface area contributed by atoms with Crippen LogP contribution >= 0.6 is 15.9 Å². The minimum atomic E-state index is -0.153. The summed E-state index contributed by atoms with van der Waals surface area (Å²) in [5.74, 6) is 1.04. The summed E-state index contributed by atoms with van der Waals surface area (Å²) in [7, 11) is 0. The third kappa shape index (κ3) is 3.48. The fourth-order valence-electron chi connectivity index (χ4n) is 3.72. The van der Waals surface area contributed by atoms with Crippen molar-refractivity contribution < 1.29 is 5.11 Å². The molecule has 3 aromatic rings. The summed E-state index contributed by atoms with van der Waals surface area (Å²) in [5.41, 5.74) is 3.37. The highest BCUT2D eigenvalue weighted by atomic mass is 79.9. The average Bonchev–Trinajstić information content (AvgIpc) is 2.99. The predicted molar refractivity (Wildman–Crippen MR) is 106 cm³/mol. The lowest BCUT2D eigenvalue weighted by Crippen LogP contribution is -2.18. The van der Waals surface area contributed by atoms with Crippen LogP contribution in [0.2, 0.25) is 0 Å². The molecule has 2 N–H and O–H groups in total. The van der Waals surface area contributed by atoms with Crippen molar-refractivity contribution in [1.82, 2.24) is 14.6 Å². The first-order valence-corrected chi connectivity index (χ1v) is 9.95. The zero-order valence-electron chi connectivity index (χ0n) is 14.8. The van der Waals surface area contributed by atoms with Crippen LogP contribution in [0.1, 0.15) is 55.8 Å². The quantitative estimate of drug-likeness (QED) is 0.650. The van der Waals surface area contributed by atoms with Crippen LogP contribution in [0.25, 0.3) is 5.52 Å². The van der Waals surface area contributed by atoms with E-state index in [0.717, 1.165) is 35.7 Å². The molecular weight excluding hydrogens is 392 g/mol. The third-order valence-corrected chi connectivity index (χ3v) is 5.89. The lowest BCUT2D eigenvalue weighted by molar-refractivity contribution is 0.121. The number of hydrogen-bond acceptors (Lipinski definition) is 4. The van der Waals surface area contributed by atoms with Crippen LogP contribution in [0.4, 0.5) is 5.95 Å². The van der Waals surface area contributed by atoms with Gasteiger partial charge >= 0.3 is 0 Å². The Morgan fingerprint density at radius 2 is 1.92 bits per heavy atom. The van der Waals surface area contributed by atoms with E-state index in [9.17, 15) is 5.11 Å². The second-order valence-corrected chi connectivity index (χ2v) is 7.93. The number of halogens is 1. The van der Waals surface area contributed by atoms with Gasteiger partial charge in [-0.15, -0.1) is 5.10 Å². The van der Waals surface area contributed by atoms with E-state index in [1.807, 2.05) is 28.9 Å². The third-order valence-electron chi connectivity index (χ3n) is 5.26. The Kier molecular flexibility index (Phi) is 4.96. The molecule has 26 heavy (non-hydrogen) atoms. The number of nitrogens with one attached hydrogen (secondary N) is 1. The summed E-state index contributed by atoms with van der Waals surface area (Å²) < 4.78 is 3.01. The van der Waals surface area contributed by atoms with Gasteiger partial charge in [0.2, 0.25) is 5.95 Å². The second kappa shape index (κ2) is 7.37. The van der Waals surface area contributed by atoms with Gasteiger partial charge in [-0.25, -0.2) is 9.50 Å². The van der Waals surface area contributed by atoms with E-state index in [4.69, 9.17) is 5.10 Å². The predicted octanol–water partition coefficient (Wildman–Crippen LogP) is 4.68. The highest BCUT2D eigenvalue weighted by molar-refractivity contribution is 9.10. The van der Waals surface area contributed by atoms with Crippen molar-refractivity contribution in [2.75, 3.05) is 5.32 Å². The summed E-state index contributed by atoms with van der Waals surface area (Å²) in [6, 6.07) is 12.6. The van der Waals surface area contributed by atoms with Gasteiger partial charge in [-0.2, -0.15) is 0 Å². The molecule has 1 saturated carbocycles. The van der Waals surface area contributed by atoms with Gasteiger partial charge in [-0.1, -0.05) is 30.3 Å². The minimum Gasteiger partial charge on any atom is -0.393 e. The smallest absolute Gasteiger partial charge is 0.241 e. The average molecular weight is 415 g/mol. The zero-order valence-corrected chi connectivity index (χ0v) is 16.4. The number of rotatable bonds is 4. The molecule has 2 aromatic heterocycles. The van der Waals surface area contributed by atoms with Crippen LogP contribution in [0.3, 0.4) is 0 Å². The molecule has 136 valence electrons. The molecule has 2 heterocycles. The molecule has 1 unspecified atom stereocenters. The number of nitrogens with zero attached hydrogens (tertiary/aromatic N) is 3. The maximum atomic E-state index is 9.79. The molecule has 1 aliphatic rings. The van der Waals surface area contributed by atoms with Gasteiger partial charge in [-0.05, 0) is 60.2 Å². The highest BCUT2D eigenvalue weighted by Gasteiger charge is 2.24. The van der Waals surface area contributed by atoms with Crippen molar-refractivity contribution in [2.24, 2.45) is 0 Å². The Morgan fingerprint density at radius 1 is 1.19 bits per heavy atom. The standard InChI is InChI=1S/C20H23BrN4O/c1-13(14-5-3-2-4-6-14)23-20-22-12-19-17(21)11-18(25(19)24-20)15-7-9-16(26)10-8-15/h2-6,11-13,15-16,26H,7-10H2,1H3,(H,23,24)/t13?,15-,16-. The molecule has 6 heteroatoms. The maximum Gasteiger partial charge on any atom is 0.241 e. The van der Waals surface area contributed by atoms with E-state index in [1.54, 1.807) is 0 Å². The maximum absolute atomic E-state index is 9.79. The van der Waals surface area contributed by atoms with Crippen molar-refractivity contribution in [3.8, 4) is 0 Å². The molecule has 0 radical (unpaired) electrons. The largest absolute Gasteiger partial charge is 0.393 e. The Bertz CT molecular complexity index is 887. The molecule has 0 bridgehead atoms. The van der Waals surface area contributed by atoms with E-state index in [-0.39, 0.29) is 12.1 Å². The number of aromatic nitrogens is 3. The fraction of sp³-hybridized carbons (Fsp3) is 0.400. The van der Waals surface area contributed by atoms with Crippen LogP contribution in [-0.4, -0.2) is 25.8 Å². The number of benzene rings is 1. The van der Waals surface area contributed by atoms with Crippen molar-refractivity contribution in [3.05, 3.63) is 58.3 Å². The monoisotopic (exact) mass is 414 g/mol. The van der Waals surface area contributed by atoms with E-state index in [0.29, 0.717) is 11.9 Å². The molecule has 0 aliphatic heterocycles. The van der Waals surface area contributed by atoms with E-state index < -0.39 is 0 Å². The van der Waals surface area contributed by atoms with Crippen LogP contribution in [0.5, 0.6) is 0 Å². The Balaban J connectivity index is 1.62. The summed E-state index contributed by atoms with van der Waals surface area (Å²) in [6.45, 7) is 2.11. The van der Waals surface area contributed by atoms with Crippen LogP contribution in [0.15, 0.2) is 47.1 Å². The second-order valence-electron chi connectivity index (χ2n) is 7.08. The Labute approximate surface area is 161 Å². The summed E-state index contributed by atoms with van der Waals surface area (Å²) in [5, 5.41) is 17.9. The van der Waals surface area contributed by atoms with Gasteiger partial charge in [0.05, 0.1) is 23.9 Å². The topological polar surface area (TPSA) is 62.5 Å². The van der Waals surface area contributed by atoms with Gasteiger partial charge in [0.15, 0.2) is 0 Å². The first kappa shape index (κ1) is 17.5. The number of hydrogen-bond donors (Lipinski definition) is 2. The summed E-state index contributed by atoms with van der Waals surface area (Å²) in [6.07, 6.45) is 5.41. The molecular formula is C20H23BrN4O. The fourth-order valence-corrected chi connectivity index (χ4v) is 4.23. The van der Waals surface area contributed by atoms with Crippen molar-refractivity contribution in [3.63, 3.8) is 0 Å². The zero-order chi connectivity index (χ0) is 18.1. The molecule has 5 nitrogen and oxygen atoms in total. The summed E-state index contributed by atoms with van der Waals surface area (Å²) in [4.78, 5) is 4.49. The molecule has 1 atom stereocenters. The molecule has 0 spiro atoms. The number of anilines is 1. The van der Waals surface area contributed by atoms with Gasteiger partial charge < -0.3 is 10.4 Å². The lowest BCUT2D eigenvalue weighted by Gasteiger charge is -2.25. The number of aliphatic hydroxyl groups is 1. The summed E-state index contributed by atoms with van der Waals surface area (Å²) >= 11 is 3.64. The van der Waals surface area contributed by atoms with E-state index >= 15 is 0 Å². The van der Waals surface area contributed by atoms with Crippen LogP contribution < -0.4 is 5.32 Å². The van der Waals surface area contributed by atoms with Gasteiger partial charge in [0, 0.05) is 16.1 Å². The van der Waals surface area contributed by atoms with Crippen LogP contribution in [0, 0.1) is 0 Å². The Morgan fingerprint density at radius 3 is 2.65 bits per heavy atom. The highest BCUT2D eigenvalue weighted by Crippen LogP contribution is 2.36.